The quantitative estimate of drug-likeness (QED) is 0.843. The molecular weight excluding hydrogens is 290 g/mol. The molecule has 2 aromatic rings. The second-order valence-corrected chi connectivity index (χ2v) is 5.28. The number of carbonyl (C=O) groups is 1. The Hall–Kier alpha value is -1.92. The fraction of sp³-hybridized carbons (Fsp3) is 0.357. The molecule has 0 radical (unpaired) electrons. The molecule has 1 aliphatic carbocycles. The summed E-state index contributed by atoms with van der Waals surface area (Å²) in [6.07, 6.45) is 6.12. The number of nitrogens with one attached hydrogen (secondary N) is 2. The summed E-state index contributed by atoms with van der Waals surface area (Å²) in [5, 5.41) is 11.2. The van der Waals surface area contributed by atoms with Gasteiger partial charge in [-0.3, -0.25) is 4.79 Å². The summed E-state index contributed by atoms with van der Waals surface area (Å²) in [6, 6.07) is 7.44. The normalized spacial score (nSPS) is 21.4. The monoisotopic (exact) mass is 305 g/mol. The van der Waals surface area contributed by atoms with Crippen molar-refractivity contribution in [3.05, 3.63) is 42.2 Å². The molecule has 0 saturated heterocycles. The van der Waals surface area contributed by atoms with Crippen LogP contribution in [0.1, 0.15) is 29.6 Å². The minimum Gasteiger partial charge on any atom is -0.348 e. The minimum absolute atomic E-state index is 0.0497. The van der Waals surface area contributed by atoms with Crippen molar-refractivity contribution in [1.82, 2.24) is 25.1 Å². The fourth-order valence-electron chi connectivity index (χ4n) is 2.69. The van der Waals surface area contributed by atoms with Crippen LogP contribution in [0.3, 0.4) is 0 Å². The molecule has 1 amide bonds. The molecule has 110 valence electrons. The van der Waals surface area contributed by atoms with E-state index in [1.54, 1.807) is 18.5 Å². The smallest absolute Gasteiger partial charge is 0.253 e. The summed E-state index contributed by atoms with van der Waals surface area (Å²) in [6.45, 7) is 0. The third kappa shape index (κ3) is 2.91. The van der Waals surface area contributed by atoms with Gasteiger partial charge in [-0.15, -0.1) is 0 Å². The highest BCUT2D eigenvalue weighted by atomic mass is 35.5. The largest absolute Gasteiger partial charge is 0.348 e. The van der Waals surface area contributed by atoms with Crippen molar-refractivity contribution in [2.24, 2.45) is 0 Å². The standard InChI is InChI=1S/C14H16ClN5O/c15-19-12-6-3-5-11(12)18-14(21)10-4-1-2-7-13(10)20-16-8-9-17-20/h1-2,4,7-9,11-12,19H,3,5-6H2,(H,18,21)/t11-,12+/m1/s1. The van der Waals surface area contributed by atoms with Gasteiger partial charge >= 0.3 is 0 Å². The average molecular weight is 306 g/mol. The van der Waals surface area contributed by atoms with Gasteiger partial charge in [-0.25, -0.2) is 4.84 Å². The lowest BCUT2D eigenvalue weighted by atomic mass is 10.1. The van der Waals surface area contributed by atoms with Gasteiger partial charge in [-0.2, -0.15) is 15.0 Å². The second-order valence-electron chi connectivity index (χ2n) is 5.06. The molecule has 3 rings (SSSR count). The van der Waals surface area contributed by atoms with Gasteiger partial charge in [0.05, 0.1) is 23.6 Å². The molecule has 1 heterocycles. The molecule has 6 nitrogen and oxygen atoms in total. The molecule has 7 heteroatoms. The first-order valence-corrected chi connectivity index (χ1v) is 7.30. The van der Waals surface area contributed by atoms with Gasteiger partial charge in [0.15, 0.2) is 0 Å². The third-order valence-electron chi connectivity index (χ3n) is 3.76. The van der Waals surface area contributed by atoms with Crippen LogP contribution in [0.25, 0.3) is 5.69 Å². The van der Waals surface area contributed by atoms with Crippen molar-refractivity contribution in [1.29, 1.82) is 0 Å². The Morgan fingerprint density at radius 2 is 1.90 bits per heavy atom. The molecule has 1 aromatic heterocycles. The van der Waals surface area contributed by atoms with Crippen LogP contribution >= 0.6 is 11.8 Å². The zero-order valence-electron chi connectivity index (χ0n) is 11.4. The van der Waals surface area contributed by atoms with Gasteiger partial charge in [0.25, 0.3) is 5.91 Å². The first-order valence-electron chi connectivity index (χ1n) is 6.92. The lowest BCUT2D eigenvalue weighted by Crippen LogP contribution is -2.44. The molecule has 1 fully saturated rings. The number of aromatic nitrogens is 3. The number of halogens is 1. The van der Waals surface area contributed by atoms with Crippen LogP contribution < -0.4 is 10.2 Å². The topological polar surface area (TPSA) is 71.8 Å². The molecule has 21 heavy (non-hydrogen) atoms. The summed E-state index contributed by atoms with van der Waals surface area (Å²) in [5.74, 6) is -0.133. The number of para-hydroxylation sites is 1. The van der Waals surface area contributed by atoms with E-state index in [-0.39, 0.29) is 18.0 Å². The highest BCUT2D eigenvalue weighted by Gasteiger charge is 2.28. The SMILES string of the molecule is O=C(N[C@@H]1CCC[C@@H]1NCl)c1ccccc1-n1nccn1. The van der Waals surface area contributed by atoms with E-state index in [4.69, 9.17) is 11.8 Å². The van der Waals surface area contributed by atoms with Crippen LogP contribution in [0, 0.1) is 0 Å². The van der Waals surface area contributed by atoms with Crippen LogP contribution in [0.2, 0.25) is 0 Å². The van der Waals surface area contributed by atoms with E-state index in [0.29, 0.717) is 11.3 Å². The van der Waals surface area contributed by atoms with E-state index >= 15 is 0 Å². The number of hydrogen-bond acceptors (Lipinski definition) is 4. The van der Waals surface area contributed by atoms with Crippen molar-refractivity contribution in [2.45, 2.75) is 31.3 Å². The van der Waals surface area contributed by atoms with Gasteiger partial charge < -0.3 is 5.32 Å². The zero-order valence-corrected chi connectivity index (χ0v) is 12.1. The maximum Gasteiger partial charge on any atom is 0.253 e. The number of rotatable bonds is 4. The van der Waals surface area contributed by atoms with Crippen LogP contribution in [-0.2, 0) is 0 Å². The summed E-state index contributed by atoms with van der Waals surface area (Å²) in [4.78, 5) is 16.7. The number of nitrogens with zero attached hydrogens (tertiary/aromatic N) is 3. The Bertz CT molecular complexity index is 616. The van der Waals surface area contributed by atoms with Gasteiger partial charge in [0.2, 0.25) is 0 Å². The summed E-state index contributed by atoms with van der Waals surface area (Å²) < 4.78 is 0. The minimum atomic E-state index is -0.133. The third-order valence-corrected chi connectivity index (χ3v) is 4.04. The Labute approximate surface area is 127 Å². The Morgan fingerprint density at radius 3 is 2.67 bits per heavy atom. The highest BCUT2D eigenvalue weighted by molar-refractivity contribution is 6.13. The molecular formula is C14H16ClN5O. The predicted molar refractivity (Wildman–Crippen MR) is 79.2 cm³/mol. The Kier molecular flexibility index (Phi) is 4.17. The molecule has 1 saturated carbocycles. The van der Waals surface area contributed by atoms with Crippen molar-refractivity contribution >= 4 is 17.7 Å². The van der Waals surface area contributed by atoms with E-state index < -0.39 is 0 Å². The molecule has 0 spiro atoms. The number of benzene rings is 1. The van der Waals surface area contributed by atoms with Crippen LogP contribution in [0.5, 0.6) is 0 Å². The van der Waals surface area contributed by atoms with Crippen LogP contribution in [0.15, 0.2) is 36.7 Å². The molecule has 2 atom stereocenters. The van der Waals surface area contributed by atoms with E-state index in [0.717, 1.165) is 19.3 Å². The molecule has 1 aliphatic rings. The van der Waals surface area contributed by atoms with Gasteiger partial charge in [0, 0.05) is 12.1 Å². The van der Waals surface area contributed by atoms with E-state index in [1.807, 2.05) is 18.2 Å². The van der Waals surface area contributed by atoms with Crippen LogP contribution in [0.4, 0.5) is 0 Å². The lowest BCUT2D eigenvalue weighted by molar-refractivity contribution is 0.0933. The zero-order chi connectivity index (χ0) is 14.7. The average Bonchev–Trinajstić information content (AvgIpc) is 3.18. The van der Waals surface area contributed by atoms with Crippen molar-refractivity contribution in [3.8, 4) is 5.69 Å². The second kappa shape index (κ2) is 6.24. The Morgan fingerprint density at radius 1 is 1.19 bits per heavy atom. The van der Waals surface area contributed by atoms with Gasteiger partial charge in [-0.1, -0.05) is 12.1 Å². The first-order chi connectivity index (χ1) is 10.3. The van der Waals surface area contributed by atoms with Crippen molar-refractivity contribution in [2.75, 3.05) is 0 Å². The Balaban J connectivity index is 1.82. The fourth-order valence-corrected chi connectivity index (χ4v) is 2.95. The maximum absolute atomic E-state index is 12.5. The maximum atomic E-state index is 12.5. The van der Waals surface area contributed by atoms with Gasteiger partial charge in [-0.05, 0) is 43.2 Å². The molecule has 0 bridgehead atoms. The molecule has 0 aliphatic heterocycles. The van der Waals surface area contributed by atoms with E-state index in [1.165, 1.54) is 4.80 Å². The summed E-state index contributed by atoms with van der Waals surface area (Å²) in [7, 11) is 0. The number of carbonyl (C=O) groups excluding carboxylic acids is 1. The molecule has 1 aromatic carbocycles. The van der Waals surface area contributed by atoms with E-state index in [9.17, 15) is 4.79 Å². The summed E-state index contributed by atoms with van der Waals surface area (Å²) in [5.41, 5.74) is 1.21. The van der Waals surface area contributed by atoms with Gasteiger partial charge in [0.1, 0.15) is 0 Å². The molecule has 0 unspecified atom stereocenters. The number of hydrogen-bond donors (Lipinski definition) is 2. The van der Waals surface area contributed by atoms with Crippen LogP contribution in [-0.4, -0.2) is 33.0 Å². The lowest BCUT2D eigenvalue weighted by Gasteiger charge is -2.20. The van der Waals surface area contributed by atoms with Crippen molar-refractivity contribution in [3.63, 3.8) is 0 Å². The first kappa shape index (κ1) is 14.0. The van der Waals surface area contributed by atoms with Crippen molar-refractivity contribution < 1.29 is 4.79 Å². The highest BCUT2D eigenvalue weighted by Crippen LogP contribution is 2.21. The predicted octanol–water partition coefficient (Wildman–Crippen LogP) is 1.66. The molecule has 2 N–H and O–H groups in total. The summed E-state index contributed by atoms with van der Waals surface area (Å²) >= 11 is 5.72. The van der Waals surface area contributed by atoms with E-state index in [2.05, 4.69) is 20.3 Å². The number of amides is 1.